The first-order chi connectivity index (χ1) is 17.8. The third-order valence-corrected chi connectivity index (χ3v) is 11.7. The van der Waals surface area contributed by atoms with Gasteiger partial charge in [-0.3, -0.25) is 9.78 Å². The van der Waals surface area contributed by atoms with Crippen LogP contribution in [0, 0.1) is 17.8 Å². The summed E-state index contributed by atoms with van der Waals surface area (Å²) in [5.74, 6) is 6.75. The van der Waals surface area contributed by atoms with Crippen molar-refractivity contribution in [1.29, 1.82) is 0 Å². The van der Waals surface area contributed by atoms with Crippen LogP contribution in [0.15, 0.2) is 85.1 Å². The zero-order valence-electron chi connectivity index (χ0n) is 24.1. The van der Waals surface area contributed by atoms with Gasteiger partial charge in [0.25, 0.3) is 0 Å². The minimum atomic E-state index is -2.27. The van der Waals surface area contributed by atoms with E-state index in [0.717, 1.165) is 16.8 Å². The zero-order valence-corrected chi connectivity index (χ0v) is 25.1. The van der Waals surface area contributed by atoms with E-state index >= 15 is 0 Å². The van der Waals surface area contributed by atoms with Gasteiger partial charge in [0, 0.05) is 18.5 Å². The molecule has 0 bridgehead atoms. The van der Waals surface area contributed by atoms with Crippen LogP contribution in [0.1, 0.15) is 64.8 Å². The Balaban J connectivity index is 1.98. The van der Waals surface area contributed by atoms with Gasteiger partial charge in [-0.15, -0.1) is 0 Å². The molecule has 3 aromatic rings. The Morgan fingerprint density at radius 2 is 1.42 bits per heavy atom. The van der Waals surface area contributed by atoms with Gasteiger partial charge in [-0.05, 0) is 55.2 Å². The first-order valence-corrected chi connectivity index (χ1v) is 16.2. The smallest absolute Gasteiger partial charge is 0.221 e. The summed E-state index contributed by atoms with van der Waals surface area (Å²) in [6, 6.07) is 26.2. The van der Waals surface area contributed by atoms with Crippen molar-refractivity contribution in [2.24, 2.45) is 5.92 Å². The summed E-state index contributed by atoms with van der Waals surface area (Å²) in [5.41, 5.74) is 1.30. The van der Waals surface area contributed by atoms with Gasteiger partial charge in [-0.1, -0.05) is 106 Å². The number of nitrogens with zero attached hydrogens (tertiary/aromatic N) is 1. The van der Waals surface area contributed by atoms with E-state index in [-0.39, 0.29) is 23.3 Å². The van der Waals surface area contributed by atoms with E-state index in [4.69, 9.17) is 4.43 Å². The Hall–Kier alpha value is -3.20. The molecule has 4 nitrogen and oxygen atoms in total. The highest BCUT2D eigenvalue weighted by atomic mass is 28.4. The van der Waals surface area contributed by atoms with Gasteiger partial charge >= 0.3 is 0 Å². The number of amides is 1. The molecule has 5 heteroatoms. The molecule has 0 aliphatic rings. The number of aromatic nitrogens is 1. The van der Waals surface area contributed by atoms with Gasteiger partial charge in [-0.2, -0.15) is 0 Å². The molecular weight excluding hydrogens is 484 g/mol. The quantitative estimate of drug-likeness (QED) is 0.245. The number of carbonyl (C=O) groups is 1. The molecule has 0 fully saturated rings. The Bertz CT molecular complexity index is 1210. The first-order valence-electron chi connectivity index (χ1n) is 13.3. The summed E-state index contributed by atoms with van der Waals surface area (Å²) in [6.45, 7) is 17.2. The van der Waals surface area contributed by atoms with Crippen LogP contribution in [0.4, 0.5) is 0 Å². The summed E-state index contributed by atoms with van der Waals surface area (Å²) >= 11 is 0. The highest BCUT2D eigenvalue weighted by molar-refractivity contribution is 6.74. The van der Waals surface area contributed by atoms with E-state index in [9.17, 15) is 4.79 Å². The molecule has 0 saturated carbocycles. The van der Waals surface area contributed by atoms with Crippen LogP contribution >= 0.6 is 0 Å². The van der Waals surface area contributed by atoms with E-state index in [1.54, 1.807) is 6.20 Å². The average Bonchev–Trinajstić information content (AvgIpc) is 2.87. The molecule has 38 heavy (non-hydrogen) atoms. The van der Waals surface area contributed by atoms with Gasteiger partial charge in [0.1, 0.15) is 0 Å². The molecule has 1 amide bonds. The lowest BCUT2D eigenvalue weighted by atomic mass is 9.86. The Morgan fingerprint density at radius 1 is 0.895 bits per heavy atom. The standard InChI is InChI=1S/C33H42N2O2Si/c1-26(25-30(36)35-32(5,6)29-21-15-16-24-34-29)22-23-33(27-17-11-9-12-18-27,28-19-13-10-14-20-28)37-38(7,8)31(2,3)4/h9-21,24,26H,25H2,1-8H3,(H,35,36)/t26-/m1/s1. The predicted octanol–water partition coefficient (Wildman–Crippen LogP) is 7.43. The molecule has 0 aliphatic heterocycles. The van der Waals surface area contributed by atoms with Crippen molar-refractivity contribution < 1.29 is 9.22 Å². The maximum Gasteiger partial charge on any atom is 0.221 e. The summed E-state index contributed by atoms with van der Waals surface area (Å²) in [6.07, 6.45) is 2.02. The summed E-state index contributed by atoms with van der Waals surface area (Å²) in [4.78, 5) is 17.5. The third-order valence-electron chi connectivity index (χ3n) is 7.32. The van der Waals surface area contributed by atoms with Gasteiger partial charge in [0.2, 0.25) is 5.91 Å². The molecule has 0 aliphatic carbocycles. The fourth-order valence-corrected chi connectivity index (χ4v) is 5.44. The summed E-state index contributed by atoms with van der Waals surface area (Å²) < 4.78 is 7.21. The number of hydrogen-bond acceptors (Lipinski definition) is 3. The number of pyridine rings is 1. The zero-order chi connectivity index (χ0) is 28.0. The lowest BCUT2D eigenvalue weighted by Gasteiger charge is -2.44. The van der Waals surface area contributed by atoms with Gasteiger partial charge in [0.05, 0.1) is 11.2 Å². The number of rotatable bonds is 8. The second kappa shape index (κ2) is 11.7. The third kappa shape index (κ3) is 7.01. The summed E-state index contributed by atoms with van der Waals surface area (Å²) in [7, 11) is -2.27. The molecule has 1 atom stereocenters. The fraction of sp³-hybridized carbons (Fsp3) is 0.394. The van der Waals surface area contributed by atoms with Crippen LogP contribution in [0.3, 0.4) is 0 Å². The van der Waals surface area contributed by atoms with E-state index in [2.05, 4.69) is 80.3 Å². The van der Waals surface area contributed by atoms with Gasteiger partial charge in [-0.25, -0.2) is 0 Å². The highest BCUT2D eigenvalue weighted by Gasteiger charge is 2.46. The topological polar surface area (TPSA) is 51.2 Å². The normalized spacial score (nSPS) is 13.3. The average molecular weight is 527 g/mol. The minimum absolute atomic E-state index is 0.00789. The molecule has 1 N–H and O–H groups in total. The Labute approximate surface area is 230 Å². The van der Waals surface area contributed by atoms with Crippen molar-refractivity contribution >= 4 is 14.2 Å². The van der Waals surface area contributed by atoms with Crippen LogP contribution in [0.25, 0.3) is 0 Å². The predicted molar refractivity (Wildman–Crippen MR) is 159 cm³/mol. The van der Waals surface area contributed by atoms with E-state index in [1.807, 2.05) is 75.4 Å². The SMILES string of the molecule is C[C@H](C#CC(O[Si](C)(C)C(C)(C)C)(c1ccccc1)c1ccccc1)CC(=O)NC(C)(C)c1ccccn1. The van der Waals surface area contributed by atoms with E-state index < -0.39 is 19.5 Å². The number of nitrogens with one attached hydrogen (secondary N) is 1. The lowest BCUT2D eigenvalue weighted by Crippen LogP contribution is -2.48. The van der Waals surface area contributed by atoms with E-state index in [1.165, 1.54) is 0 Å². The van der Waals surface area contributed by atoms with Crippen molar-refractivity contribution in [3.63, 3.8) is 0 Å². The number of hydrogen-bond donors (Lipinski definition) is 1. The monoisotopic (exact) mass is 526 g/mol. The molecule has 3 rings (SSSR count). The molecule has 0 unspecified atom stereocenters. The van der Waals surface area contributed by atoms with Crippen LogP contribution < -0.4 is 5.32 Å². The largest absolute Gasteiger partial charge is 0.394 e. The van der Waals surface area contributed by atoms with Crippen LogP contribution in [-0.4, -0.2) is 19.2 Å². The van der Waals surface area contributed by atoms with Crippen molar-refractivity contribution in [1.82, 2.24) is 10.3 Å². The molecule has 0 saturated heterocycles. The molecule has 1 aromatic heterocycles. The van der Waals surface area contributed by atoms with Crippen LogP contribution in [-0.2, 0) is 20.4 Å². The van der Waals surface area contributed by atoms with Crippen LogP contribution in [0.5, 0.6) is 0 Å². The maximum atomic E-state index is 13.0. The molecule has 2 aromatic carbocycles. The molecule has 0 radical (unpaired) electrons. The molecule has 200 valence electrons. The van der Waals surface area contributed by atoms with E-state index in [0.29, 0.717) is 0 Å². The second-order valence-electron chi connectivity index (χ2n) is 12.0. The second-order valence-corrected chi connectivity index (χ2v) is 16.8. The molecule has 0 spiro atoms. The number of carbonyl (C=O) groups excluding carboxylic acids is 1. The Kier molecular flexibility index (Phi) is 9.02. The Morgan fingerprint density at radius 3 is 1.89 bits per heavy atom. The highest BCUT2D eigenvalue weighted by Crippen LogP contribution is 2.44. The van der Waals surface area contributed by atoms with Crippen molar-refractivity contribution in [3.8, 4) is 11.8 Å². The molecule has 1 heterocycles. The molecular formula is C33H42N2O2Si. The van der Waals surface area contributed by atoms with Crippen LogP contribution in [0.2, 0.25) is 18.1 Å². The number of benzene rings is 2. The maximum absolute atomic E-state index is 13.0. The van der Waals surface area contributed by atoms with Gasteiger partial charge in [0.15, 0.2) is 13.9 Å². The summed E-state index contributed by atoms with van der Waals surface area (Å²) in [5, 5.41) is 3.12. The first kappa shape index (κ1) is 29.4. The lowest BCUT2D eigenvalue weighted by molar-refractivity contribution is -0.123. The van der Waals surface area contributed by atoms with Crippen molar-refractivity contribution in [2.75, 3.05) is 0 Å². The van der Waals surface area contributed by atoms with Crippen molar-refractivity contribution in [2.45, 2.75) is 77.2 Å². The minimum Gasteiger partial charge on any atom is -0.394 e. The van der Waals surface area contributed by atoms with Gasteiger partial charge < -0.3 is 9.74 Å². The van der Waals surface area contributed by atoms with Crippen molar-refractivity contribution in [3.05, 3.63) is 102 Å². The fourth-order valence-electron chi connectivity index (χ4n) is 4.09.